The Morgan fingerprint density at radius 1 is 1.14 bits per heavy atom. The summed E-state index contributed by atoms with van der Waals surface area (Å²) in [5, 5.41) is 3.66. The number of carbonyl (C=O) groups is 1. The van der Waals surface area contributed by atoms with E-state index in [1.165, 1.54) is 17.3 Å². The third kappa shape index (κ3) is 5.12. The number of amides is 1. The van der Waals surface area contributed by atoms with Gasteiger partial charge in [-0.15, -0.1) is 0 Å². The van der Waals surface area contributed by atoms with Crippen LogP contribution in [-0.4, -0.2) is 34.8 Å². The average molecular weight is 410 g/mol. The van der Waals surface area contributed by atoms with E-state index in [0.717, 1.165) is 29.4 Å². The van der Waals surface area contributed by atoms with E-state index in [1.54, 1.807) is 6.07 Å². The summed E-state index contributed by atoms with van der Waals surface area (Å²) in [7, 11) is 0. The fourth-order valence-corrected chi connectivity index (χ4v) is 3.81. The maximum Gasteiger partial charge on any atom is 0.234 e. The summed E-state index contributed by atoms with van der Waals surface area (Å²) in [4.78, 5) is 20.3. The number of hydrogen-bond donors (Lipinski definition) is 2. The number of hydrogen-bond acceptors (Lipinski definition) is 5. The van der Waals surface area contributed by atoms with Gasteiger partial charge in [0.25, 0.3) is 0 Å². The number of thioether (sulfide) groups is 1. The predicted octanol–water partition coefficient (Wildman–Crippen LogP) is 4.20. The van der Waals surface area contributed by atoms with E-state index in [1.807, 2.05) is 37.3 Å². The second kappa shape index (κ2) is 9.05. The summed E-state index contributed by atoms with van der Waals surface area (Å²) >= 11 is 1.39. The zero-order chi connectivity index (χ0) is 20.1. The molecule has 7 heteroatoms. The lowest BCUT2D eigenvalue weighted by Gasteiger charge is -2.10. The molecule has 1 aliphatic rings. The molecule has 0 bridgehead atoms. The number of H-pyrrole nitrogens is 1. The molecule has 0 fully saturated rings. The Kier molecular flexibility index (Phi) is 6.05. The molecule has 0 unspecified atom stereocenters. The van der Waals surface area contributed by atoms with Gasteiger partial charge in [0.2, 0.25) is 5.91 Å². The highest BCUT2D eigenvalue weighted by molar-refractivity contribution is 7.99. The number of carbonyl (C=O) groups excluding carboxylic acids is 1. The summed E-state index contributed by atoms with van der Waals surface area (Å²) in [6.45, 7) is 3.26. The molecule has 6 nitrogen and oxygen atoms in total. The highest BCUT2D eigenvalue weighted by atomic mass is 32.2. The van der Waals surface area contributed by atoms with Crippen molar-refractivity contribution < 1.29 is 14.3 Å². The van der Waals surface area contributed by atoms with Crippen molar-refractivity contribution in [1.29, 1.82) is 0 Å². The summed E-state index contributed by atoms with van der Waals surface area (Å²) in [6, 6.07) is 15.7. The van der Waals surface area contributed by atoms with Gasteiger partial charge < -0.3 is 19.8 Å². The molecule has 1 amide bonds. The van der Waals surface area contributed by atoms with Crippen molar-refractivity contribution in [3.63, 3.8) is 0 Å². The van der Waals surface area contributed by atoms with Gasteiger partial charge in [-0.05, 0) is 24.6 Å². The minimum Gasteiger partial charge on any atom is -0.490 e. The van der Waals surface area contributed by atoms with E-state index >= 15 is 0 Å². The van der Waals surface area contributed by atoms with Crippen molar-refractivity contribution in [2.45, 2.75) is 24.9 Å². The Labute approximate surface area is 174 Å². The summed E-state index contributed by atoms with van der Waals surface area (Å²) < 4.78 is 11.3. The topological polar surface area (TPSA) is 76.2 Å². The largest absolute Gasteiger partial charge is 0.490 e. The zero-order valence-electron chi connectivity index (χ0n) is 16.2. The fourth-order valence-electron chi connectivity index (χ4n) is 3.07. The van der Waals surface area contributed by atoms with Gasteiger partial charge in [0.15, 0.2) is 16.7 Å². The molecule has 2 aromatic carbocycles. The SMILES string of the molecule is Cc1[nH]c(SCC(=O)Nc2ccc3c(c2)OCCCO3)nc1Cc1ccccc1. The fraction of sp³-hybridized carbons (Fsp3) is 0.273. The van der Waals surface area contributed by atoms with Crippen LogP contribution in [0.1, 0.15) is 23.4 Å². The number of fused-ring (bicyclic) bond motifs is 1. The molecule has 4 rings (SSSR count). The van der Waals surface area contributed by atoms with Gasteiger partial charge in [0.05, 0.1) is 24.7 Å². The molecule has 2 heterocycles. The Bertz CT molecular complexity index is 988. The average Bonchev–Trinajstić information content (AvgIpc) is 2.92. The monoisotopic (exact) mass is 409 g/mol. The summed E-state index contributed by atoms with van der Waals surface area (Å²) in [5.41, 5.74) is 3.94. The van der Waals surface area contributed by atoms with Crippen LogP contribution in [0.3, 0.4) is 0 Å². The molecule has 1 aliphatic heterocycles. The Morgan fingerprint density at radius 3 is 2.76 bits per heavy atom. The second-order valence-electron chi connectivity index (χ2n) is 6.82. The smallest absolute Gasteiger partial charge is 0.234 e. The van der Waals surface area contributed by atoms with Gasteiger partial charge in [0.1, 0.15) is 0 Å². The first-order chi connectivity index (χ1) is 14.2. The van der Waals surface area contributed by atoms with E-state index in [4.69, 9.17) is 9.47 Å². The maximum atomic E-state index is 12.4. The normalized spacial score (nSPS) is 13.0. The minimum atomic E-state index is -0.0943. The molecule has 1 aromatic heterocycles. The lowest BCUT2D eigenvalue weighted by molar-refractivity contribution is -0.113. The Hall–Kier alpha value is -2.93. The van der Waals surface area contributed by atoms with Crippen LogP contribution in [0.25, 0.3) is 0 Å². The van der Waals surface area contributed by atoms with Crippen LogP contribution in [0.4, 0.5) is 5.69 Å². The van der Waals surface area contributed by atoms with Crippen molar-refractivity contribution in [3.8, 4) is 11.5 Å². The number of aryl methyl sites for hydroxylation is 1. The van der Waals surface area contributed by atoms with Gasteiger partial charge in [-0.25, -0.2) is 4.98 Å². The highest BCUT2D eigenvalue weighted by Crippen LogP contribution is 2.32. The quantitative estimate of drug-likeness (QED) is 0.597. The molecule has 150 valence electrons. The number of nitrogens with zero attached hydrogens (tertiary/aromatic N) is 1. The minimum absolute atomic E-state index is 0.0943. The number of rotatable bonds is 6. The van der Waals surface area contributed by atoms with Gasteiger partial charge in [-0.3, -0.25) is 4.79 Å². The van der Waals surface area contributed by atoms with Crippen molar-refractivity contribution in [2.24, 2.45) is 0 Å². The number of anilines is 1. The molecule has 3 aromatic rings. The van der Waals surface area contributed by atoms with Gasteiger partial charge in [-0.2, -0.15) is 0 Å². The Morgan fingerprint density at radius 2 is 1.93 bits per heavy atom. The van der Waals surface area contributed by atoms with Gasteiger partial charge >= 0.3 is 0 Å². The number of nitrogens with one attached hydrogen (secondary N) is 2. The molecule has 0 radical (unpaired) electrons. The summed E-state index contributed by atoms with van der Waals surface area (Å²) in [5.74, 6) is 1.56. The first-order valence-corrected chi connectivity index (χ1v) is 10.6. The molecular weight excluding hydrogens is 386 g/mol. The van der Waals surface area contributed by atoms with Crippen molar-refractivity contribution >= 4 is 23.4 Å². The van der Waals surface area contributed by atoms with Crippen LogP contribution in [0.15, 0.2) is 53.7 Å². The van der Waals surface area contributed by atoms with Crippen LogP contribution in [-0.2, 0) is 11.2 Å². The first-order valence-electron chi connectivity index (χ1n) is 9.59. The molecule has 0 saturated carbocycles. The summed E-state index contributed by atoms with van der Waals surface area (Å²) in [6.07, 6.45) is 1.62. The molecule has 29 heavy (non-hydrogen) atoms. The van der Waals surface area contributed by atoms with E-state index in [0.29, 0.717) is 30.4 Å². The first kappa shape index (κ1) is 19.4. The number of ether oxygens (including phenoxy) is 2. The molecule has 0 saturated heterocycles. The van der Waals surface area contributed by atoms with Crippen molar-refractivity contribution in [2.75, 3.05) is 24.3 Å². The van der Waals surface area contributed by atoms with Crippen LogP contribution in [0, 0.1) is 6.92 Å². The molecular formula is C22H23N3O3S. The van der Waals surface area contributed by atoms with Gasteiger partial charge in [0, 0.05) is 30.3 Å². The van der Waals surface area contributed by atoms with Crippen molar-refractivity contribution in [1.82, 2.24) is 9.97 Å². The molecule has 0 atom stereocenters. The molecule has 0 aliphatic carbocycles. The number of imidazole rings is 1. The number of aromatic amines is 1. The third-order valence-corrected chi connectivity index (χ3v) is 5.42. The highest BCUT2D eigenvalue weighted by Gasteiger charge is 2.13. The predicted molar refractivity (Wildman–Crippen MR) is 114 cm³/mol. The Balaban J connectivity index is 1.33. The second-order valence-corrected chi connectivity index (χ2v) is 7.79. The maximum absolute atomic E-state index is 12.4. The molecule has 2 N–H and O–H groups in total. The molecule has 0 spiro atoms. The van der Waals surface area contributed by atoms with E-state index in [2.05, 4.69) is 27.4 Å². The zero-order valence-corrected chi connectivity index (χ0v) is 17.1. The van der Waals surface area contributed by atoms with Crippen LogP contribution >= 0.6 is 11.8 Å². The lowest BCUT2D eigenvalue weighted by Crippen LogP contribution is -2.14. The van der Waals surface area contributed by atoms with Crippen LogP contribution in [0.5, 0.6) is 11.5 Å². The van der Waals surface area contributed by atoms with Crippen molar-refractivity contribution in [3.05, 3.63) is 65.5 Å². The number of benzene rings is 2. The lowest BCUT2D eigenvalue weighted by atomic mass is 10.1. The number of aromatic nitrogens is 2. The van der Waals surface area contributed by atoms with E-state index in [-0.39, 0.29) is 11.7 Å². The standard InChI is InChI=1S/C22H23N3O3S/c1-15-18(12-16-6-3-2-4-7-16)25-22(23-15)29-14-21(26)24-17-8-9-19-20(13-17)28-11-5-10-27-19/h2-4,6-9,13H,5,10-12,14H2,1H3,(H,23,25)(H,24,26). The van der Waals surface area contributed by atoms with Gasteiger partial charge in [-0.1, -0.05) is 42.1 Å². The third-order valence-electron chi connectivity index (χ3n) is 4.55. The van der Waals surface area contributed by atoms with Crippen LogP contribution in [0.2, 0.25) is 0 Å². The van der Waals surface area contributed by atoms with E-state index in [9.17, 15) is 4.79 Å². The van der Waals surface area contributed by atoms with Crippen LogP contribution < -0.4 is 14.8 Å². The van der Waals surface area contributed by atoms with E-state index < -0.39 is 0 Å².